The summed E-state index contributed by atoms with van der Waals surface area (Å²) in [5, 5.41) is 5.94. The number of hydrogen-bond acceptors (Lipinski definition) is 1. The number of benzene rings is 1. The average molecular weight is 341 g/mol. The monoisotopic (exact) mass is 340 g/mol. The largest absolute Gasteiger partial charge is 0.334 e. The molecule has 0 saturated heterocycles. The average Bonchev–Trinajstić information content (AvgIpc) is 2.23. The Hall–Kier alpha value is -1.03. The molecule has 2 amide bonds. The fraction of sp³-hybridized carbons (Fsp3) is 0.562. The molecule has 1 rings (SSSR count). The summed E-state index contributed by atoms with van der Waals surface area (Å²) in [6.07, 6.45) is 0.919. The van der Waals surface area contributed by atoms with Crippen LogP contribution in [-0.2, 0) is 6.54 Å². The van der Waals surface area contributed by atoms with E-state index < -0.39 is 0 Å². The number of carbonyl (C=O) groups is 1. The van der Waals surface area contributed by atoms with E-state index in [1.54, 1.807) is 0 Å². The second-order valence-corrected chi connectivity index (χ2v) is 7.87. The second-order valence-electron chi connectivity index (χ2n) is 7.02. The van der Waals surface area contributed by atoms with Gasteiger partial charge in [-0.05, 0) is 37.3 Å². The molecule has 4 heteroatoms. The van der Waals surface area contributed by atoms with Crippen LogP contribution in [0.1, 0.15) is 46.6 Å². The normalized spacial score (nSPS) is 12.1. The summed E-state index contributed by atoms with van der Waals surface area (Å²) in [4.78, 5) is 12.0. The van der Waals surface area contributed by atoms with Crippen molar-refractivity contribution < 1.29 is 4.79 Å². The van der Waals surface area contributed by atoms with Crippen LogP contribution in [0.25, 0.3) is 0 Å². The molecule has 0 unspecified atom stereocenters. The first kappa shape index (κ1) is 17.0. The predicted octanol–water partition coefficient (Wildman–Crippen LogP) is 4.46. The molecule has 0 radical (unpaired) electrons. The third-order valence-electron chi connectivity index (χ3n) is 2.82. The quantitative estimate of drug-likeness (QED) is 0.834. The number of carbonyl (C=O) groups excluding carboxylic acids is 1. The van der Waals surface area contributed by atoms with Crippen molar-refractivity contribution >= 4 is 22.0 Å². The first-order valence-corrected chi connectivity index (χ1v) is 7.68. The van der Waals surface area contributed by atoms with Gasteiger partial charge < -0.3 is 10.6 Å². The van der Waals surface area contributed by atoms with Crippen molar-refractivity contribution in [2.24, 2.45) is 5.41 Å². The maximum atomic E-state index is 12.0. The number of halogens is 1. The molecule has 0 aliphatic heterocycles. The molecule has 1 aromatic rings. The topological polar surface area (TPSA) is 41.1 Å². The standard InChI is InChI=1S/C16H25BrN2O/c1-15(2,3)11-16(4,5)19-14(20)18-10-12-8-6-7-9-13(12)17/h6-9H,10-11H2,1-5H3,(H2,18,19,20). The van der Waals surface area contributed by atoms with Crippen LogP contribution in [-0.4, -0.2) is 11.6 Å². The minimum Gasteiger partial charge on any atom is -0.334 e. The van der Waals surface area contributed by atoms with E-state index in [-0.39, 0.29) is 17.0 Å². The molecule has 0 heterocycles. The van der Waals surface area contributed by atoms with Crippen molar-refractivity contribution in [1.82, 2.24) is 10.6 Å². The molecule has 112 valence electrons. The smallest absolute Gasteiger partial charge is 0.315 e. The van der Waals surface area contributed by atoms with Gasteiger partial charge in [-0.1, -0.05) is 54.9 Å². The third-order valence-corrected chi connectivity index (χ3v) is 3.60. The number of urea groups is 1. The molecule has 0 aliphatic carbocycles. The van der Waals surface area contributed by atoms with E-state index in [1.807, 2.05) is 24.3 Å². The van der Waals surface area contributed by atoms with Crippen LogP contribution in [0.15, 0.2) is 28.7 Å². The molecule has 0 aromatic heterocycles. The minimum absolute atomic E-state index is 0.130. The molecule has 20 heavy (non-hydrogen) atoms. The highest BCUT2D eigenvalue weighted by molar-refractivity contribution is 9.10. The van der Waals surface area contributed by atoms with Crippen molar-refractivity contribution in [3.63, 3.8) is 0 Å². The summed E-state index contributed by atoms with van der Waals surface area (Å²) >= 11 is 3.48. The maximum Gasteiger partial charge on any atom is 0.315 e. The molecule has 0 aliphatic rings. The summed E-state index contributed by atoms with van der Waals surface area (Å²) in [5.41, 5.74) is 1.02. The van der Waals surface area contributed by atoms with Gasteiger partial charge in [0.1, 0.15) is 0 Å². The van der Waals surface area contributed by atoms with E-state index in [4.69, 9.17) is 0 Å². The number of nitrogens with one attached hydrogen (secondary N) is 2. The highest BCUT2D eigenvalue weighted by Gasteiger charge is 2.26. The van der Waals surface area contributed by atoms with Crippen molar-refractivity contribution in [2.45, 2.75) is 53.1 Å². The van der Waals surface area contributed by atoms with Gasteiger partial charge >= 0.3 is 6.03 Å². The summed E-state index contributed by atoms with van der Waals surface area (Å²) in [6.45, 7) is 11.1. The van der Waals surface area contributed by atoms with Gasteiger partial charge in [-0.2, -0.15) is 0 Å². The van der Waals surface area contributed by atoms with Crippen molar-refractivity contribution in [3.8, 4) is 0 Å². The Kier molecular flexibility index (Phi) is 5.63. The molecule has 2 N–H and O–H groups in total. The lowest BCUT2D eigenvalue weighted by Crippen LogP contribution is -2.49. The maximum absolute atomic E-state index is 12.0. The zero-order valence-corrected chi connectivity index (χ0v) is 14.6. The molecule has 0 bridgehead atoms. The van der Waals surface area contributed by atoms with Gasteiger partial charge in [0.15, 0.2) is 0 Å². The Morgan fingerprint density at radius 3 is 2.30 bits per heavy atom. The van der Waals surface area contributed by atoms with Gasteiger partial charge in [0.05, 0.1) is 0 Å². The summed E-state index contributed by atoms with van der Waals surface area (Å²) < 4.78 is 1.01. The van der Waals surface area contributed by atoms with Crippen LogP contribution < -0.4 is 10.6 Å². The Labute approximate surface area is 130 Å². The molecule has 3 nitrogen and oxygen atoms in total. The van der Waals surface area contributed by atoms with Crippen LogP contribution >= 0.6 is 15.9 Å². The highest BCUT2D eigenvalue weighted by Crippen LogP contribution is 2.26. The SMILES string of the molecule is CC(C)(C)CC(C)(C)NC(=O)NCc1ccccc1Br. The van der Waals surface area contributed by atoms with Crippen molar-refractivity contribution in [3.05, 3.63) is 34.3 Å². The minimum atomic E-state index is -0.226. The summed E-state index contributed by atoms with van der Waals surface area (Å²) in [5.74, 6) is 0. The number of amides is 2. The molecular weight excluding hydrogens is 316 g/mol. The first-order chi connectivity index (χ1) is 9.09. The second kappa shape index (κ2) is 6.61. The lowest BCUT2D eigenvalue weighted by Gasteiger charge is -2.33. The summed E-state index contributed by atoms with van der Waals surface area (Å²) in [7, 11) is 0. The van der Waals surface area contributed by atoms with Gasteiger partial charge in [-0.3, -0.25) is 0 Å². The van der Waals surface area contributed by atoms with Crippen molar-refractivity contribution in [1.29, 1.82) is 0 Å². The van der Waals surface area contributed by atoms with Gasteiger partial charge in [-0.25, -0.2) is 4.79 Å². The molecular formula is C16H25BrN2O. The first-order valence-electron chi connectivity index (χ1n) is 6.88. The number of hydrogen-bond donors (Lipinski definition) is 2. The Morgan fingerprint density at radius 1 is 1.15 bits per heavy atom. The van der Waals surface area contributed by atoms with Gasteiger partial charge in [0.2, 0.25) is 0 Å². The zero-order chi connectivity index (χ0) is 15.4. The Morgan fingerprint density at radius 2 is 1.75 bits per heavy atom. The van der Waals surface area contributed by atoms with Crippen LogP contribution in [0.5, 0.6) is 0 Å². The van der Waals surface area contributed by atoms with Crippen LogP contribution in [0.3, 0.4) is 0 Å². The van der Waals surface area contributed by atoms with Crippen LogP contribution in [0, 0.1) is 5.41 Å². The Bertz CT molecular complexity index is 464. The van der Waals surface area contributed by atoms with E-state index in [2.05, 4.69) is 61.2 Å². The predicted molar refractivity (Wildman–Crippen MR) is 87.7 cm³/mol. The van der Waals surface area contributed by atoms with E-state index in [0.29, 0.717) is 6.54 Å². The van der Waals surface area contributed by atoms with E-state index in [9.17, 15) is 4.79 Å². The van der Waals surface area contributed by atoms with Crippen LogP contribution in [0.2, 0.25) is 0 Å². The van der Waals surface area contributed by atoms with E-state index >= 15 is 0 Å². The molecule has 1 aromatic carbocycles. The van der Waals surface area contributed by atoms with Gasteiger partial charge in [0, 0.05) is 16.6 Å². The Balaban J connectivity index is 2.50. The highest BCUT2D eigenvalue weighted by atomic mass is 79.9. The van der Waals surface area contributed by atoms with Gasteiger partial charge in [-0.15, -0.1) is 0 Å². The van der Waals surface area contributed by atoms with Crippen molar-refractivity contribution in [2.75, 3.05) is 0 Å². The summed E-state index contributed by atoms with van der Waals surface area (Å²) in [6, 6.07) is 7.75. The lowest BCUT2D eigenvalue weighted by atomic mass is 9.82. The van der Waals surface area contributed by atoms with E-state index in [0.717, 1.165) is 16.5 Å². The van der Waals surface area contributed by atoms with E-state index in [1.165, 1.54) is 0 Å². The zero-order valence-electron chi connectivity index (χ0n) is 13.0. The van der Waals surface area contributed by atoms with Crippen LogP contribution in [0.4, 0.5) is 4.79 Å². The third kappa shape index (κ3) is 6.42. The molecule has 0 fully saturated rings. The lowest BCUT2D eigenvalue weighted by molar-refractivity contribution is 0.210. The fourth-order valence-electron chi connectivity index (χ4n) is 2.54. The number of rotatable bonds is 4. The molecule has 0 spiro atoms. The molecule has 0 saturated carbocycles. The molecule has 0 atom stereocenters. The fourth-order valence-corrected chi connectivity index (χ4v) is 2.96. The van der Waals surface area contributed by atoms with Gasteiger partial charge in [0.25, 0.3) is 0 Å².